The summed E-state index contributed by atoms with van der Waals surface area (Å²) in [7, 11) is -3.08. The van der Waals surface area contributed by atoms with Crippen LogP contribution in [-0.4, -0.2) is 42.1 Å². The third-order valence-electron chi connectivity index (χ3n) is 2.84. The second kappa shape index (κ2) is 14.3. The number of nitrogens with one attached hydrogen (secondary N) is 1. The normalized spacial score (nSPS) is 14.1. The van der Waals surface area contributed by atoms with Crippen molar-refractivity contribution in [3.05, 3.63) is 0 Å². The molecule has 9 heteroatoms. The van der Waals surface area contributed by atoms with Crippen LogP contribution in [0.15, 0.2) is 0 Å². The molecule has 0 aliphatic heterocycles. The van der Waals surface area contributed by atoms with Crippen LogP contribution in [0, 0.1) is 0 Å². The Morgan fingerprint density at radius 2 is 1.78 bits per heavy atom. The second-order valence-electron chi connectivity index (χ2n) is 5.14. The zero-order chi connectivity index (χ0) is 17.0. The minimum absolute atomic E-state index is 0. The molecule has 0 saturated carbocycles. The van der Waals surface area contributed by atoms with E-state index >= 15 is 0 Å². The molecule has 0 aliphatic rings. The van der Waals surface area contributed by atoms with Gasteiger partial charge in [0.2, 0.25) is 13.7 Å². The molecule has 0 rings (SSSR count). The molecule has 2 N–H and O–H groups in total. The fraction of sp³-hybridized carbons (Fsp3) is 0.857. The van der Waals surface area contributed by atoms with Gasteiger partial charge < -0.3 is 21.1 Å². The Morgan fingerprint density at radius 1 is 1.17 bits per heavy atom. The van der Waals surface area contributed by atoms with Crippen molar-refractivity contribution < 1.29 is 59.5 Å². The number of carbonyl (C=O) groups is 2. The Balaban J connectivity index is -0.00000220. The molecule has 0 radical (unpaired) electrons. The minimum Gasteiger partial charge on any atom is -1.00 e. The van der Waals surface area contributed by atoms with Gasteiger partial charge in [0.15, 0.2) is 0 Å². The molecule has 0 aromatic carbocycles. The van der Waals surface area contributed by atoms with E-state index < -0.39 is 25.7 Å². The summed E-state index contributed by atoms with van der Waals surface area (Å²) in [5.74, 6) is -0.417. The van der Waals surface area contributed by atoms with Gasteiger partial charge >= 0.3 is 41.6 Å². The van der Waals surface area contributed by atoms with E-state index in [1.54, 1.807) is 0 Å². The first-order chi connectivity index (χ1) is 10.3. The molecule has 1 amide bonds. The van der Waals surface area contributed by atoms with Crippen LogP contribution >= 0.6 is 7.37 Å². The Kier molecular flexibility index (Phi) is 15.6. The Morgan fingerprint density at radius 3 is 2.35 bits per heavy atom. The molecular weight excluding hydrogens is 332 g/mol. The quantitative estimate of drug-likeness (QED) is 0.176. The fourth-order valence-corrected chi connectivity index (χ4v) is 3.38. The van der Waals surface area contributed by atoms with Crippen LogP contribution in [-0.2, 0) is 18.8 Å². The molecule has 2 atom stereocenters. The van der Waals surface area contributed by atoms with Crippen molar-refractivity contribution in [2.75, 3.05) is 18.9 Å². The van der Waals surface area contributed by atoms with Gasteiger partial charge in [-0.25, -0.2) is 4.79 Å². The van der Waals surface area contributed by atoms with Crippen LogP contribution in [0.1, 0.15) is 54.3 Å². The molecule has 0 fully saturated rings. The van der Waals surface area contributed by atoms with Crippen LogP contribution < -0.4 is 34.9 Å². The fourth-order valence-electron chi connectivity index (χ4n) is 1.70. The molecule has 0 aromatic rings. The number of hydrogen-bond acceptors (Lipinski definition) is 5. The summed E-state index contributed by atoms with van der Waals surface area (Å²) in [6, 6.07) is 0. The third kappa shape index (κ3) is 15.2. The summed E-state index contributed by atoms with van der Waals surface area (Å²) in [6.45, 7) is 5.51. The molecule has 7 nitrogen and oxygen atoms in total. The van der Waals surface area contributed by atoms with E-state index in [0.29, 0.717) is 19.0 Å². The summed E-state index contributed by atoms with van der Waals surface area (Å²) in [6.07, 6.45) is 1.78. The van der Waals surface area contributed by atoms with Crippen molar-refractivity contribution in [3.63, 3.8) is 0 Å². The third-order valence-corrected chi connectivity index (χ3v) is 4.87. The standard InChI is InChI=1S/C14H28NO6P.Na.H/c1-4-6-10-22(18,19)11-7-9-15-14(17)21-12(3)20-13(16)8-5-2;;/h12H,4-11H2,1-3H3,(H,15,17)(H,18,19);;/q;+1;-1. The summed E-state index contributed by atoms with van der Waals surface area (Å²) in [5.41, 5.74) is 0. The number of rotatable bonds is 11. The number of esters is 1. The van der Waals surface area contributed by atoms with E-state index in [4.69, 9.17) is 9.47 Å². The largest absolute Gasteiger partial charge is 1.00 e. The molecule has 132 valence electrons. The number of carbonyl (C=O) groups excluding carboxylic acids is 2. The second-order valence-corrected chi connectivity index (χ2v) is 7.73. The first-order valence-electron chi connectivity index (χ1n) is 7.75. The van der Waals surface area contributed by atoms with Crippen LogP contribution in [0.4, 0.5) is 4.79 Å². The van der Waals surface area contributed by atoms with Crippen molar-refractivity contribution >= 4 is 19.4 Å². The zero-order valence-corrected chi connectivity index (χ0v) is 17.6. The van der Waals surface area contributed by atoms with Crippen molar-refractivity contribution in [1.29, 1.82) is 0 Å². The molecule has 23 heavy (non-hydrogen) atoms. The molecule has 0 saturated heterocycles. The smallest absolute Gasteiger partial charge is 1.00 e. The Hall–Kier alpha value is -0.0700. The first-order valence-corrected chi connectivity index (χ1v) is 9.78. The van der Waals surface area contributed by atoms with Crippen molar-refractivity contribution in [2.24, 2.45) is 0 Å². The number of unbranched alkanes of at least 4 members (excludes halogenated alkanes) is 1. The van der Waals surface area contributed by atoms with Crippen LogP contribution in [0.2, 0.25) is 0 Å². The van der Waals surface area contributed by atoms with E-state index in [9.17, 15) is 19.0 Å². The summed E-state index contributed by atoms with van der Waals surface area (Å²) < 4.78 is 21.4. The maximum atomic E-state index is 11.7. The molecule has 2 unspecified atom stereocenters. The van der Waals surface area contributed by atoms with Gasteiger partial charge in [-0.1, -0.05) is 20.3 Å². The predicted octanol–water partition coefficient (Wildman–Crippen LogP) is -0.0210. The molecule has 0 spiro atoms. The van der Waals surface area contributed by atoms with Gasteiger partial charge in [-0.05, 0) is 19.3 Å². The van der Waals surface area contributed by atoms with Gasteiger partial charge in [0.25, 0.3) is 0 Å². The van der Waals surface area contributed by atoms with E-state index in [1.807, 2.05) is 13.8 Å². The van der Waals surface area contributed by atoms with E-state index in [-0.39, 0.29) is 50.1 Å². The number of alkyl carbamates (subject to hydrolysis) is 1. The van der Waals surface area contributed by atoms with Crippen molar-refractivity contribution in [2.45, 2.75) is 59.2 Å². The van der Waals surface area contributed by atoms with Crippen molar-refractivity contribution in [3.8, 4) is 0 Å². The van der Waals surface area contributed by atoms with Gasteiger partial charge in [-0.3, -0.25) is 9.36 Å². The molecular formula is C14H29NNaO6P. The Bertz CT molecular complexity index is 399. The van der Waals surface area contributed by atoms with Gasteiger partial charge in [-0.2, -0.15) is 0 Å². The molecule has 0 heterocycles. The Labute approximate surface area is 162 Å². The summed E-state index contributed by atoms with van der Waals surface area (Å²) in [5, 5.41) is 2.46. The van der Waals surface area contributed by atoms with Gasteiger partial charge in [0.1, 0.15) is 0 Å². The summed E-state index contributed by atoms with van der Waals surface area (Å²) in [4.78, 5) is 32.3. The average Bonchev–Trinajstić information content (AvgIpc) is 2.41. The average molecular weight is 361 g/mol. The maximum absolute atomic E-state index is 11.7. The number of amides is 1. The van der Waals surface area contributed by atoms with Crippen LogP contribution in [0.3, 0.4) is 0 Å². The monoisotopic (exact) mass is 361 g/mol. The maximum Gasteiger partial charge on any atom is 1.00 e. The molecule has 0 aliphatic carbocycles. The SMILES string of the molecule is CCCCP(=O)(O)CCCNC(=O)OC(C)OC(=O)CCC.[H-].[Na+]. The topological polar surface area (TPSA) is 102 Å². The van der Waals surface area contributed by atoms with Gasteiger partial charge in [0.05, 0.1) is 0 Å². The number of hydrogen-bond donors (Lipinski definition) is 2. The van der Waals surface area contributed by atoms with Gasteiger partial charge in [0, 0.05) is 32.2 Å². The van der Waals surface area contributed by atoms with E-state index in [2.05, 4.69) is 5.32 Å². The molecule has 0 aromatic heterocycles. The zero-order valence-electron chi connectivity index (χ0n) is 15.7. The van der Waals surface area contributed by atoms with Crippen LogP contribution in [0.5, 0.6) is 0 Å². The molecule has 0 bridgehead atoms. The van der Waals surface area contributed by atoms with E-state index in [0.717, 1.165) is 12.8 Å². The summed E-state index contributed by atoms with van der Waals surface area (Å²) >= 11 is 0. The van der Waals surface area contributed by atoms with Crippen molar-refractivity contribution in [1.82, 2.24) is 5.32 Å². The minimum atomic E-state index is -3.08. The van der Waals surface area contributed by atoms with Gasteiger partial charge in [-0.15, -0.1) is 0 Å². The van der Waals surface area contributed by atoms with Crippen LogP contribution in [0.25, 0.3) is 0 Å². The first kappa shape index (κ1) is 25.2. The van der Waals surface area contributed by atoms with E-state index in [1.165, 1.54) is 6.92 Å². The predicted molar refractivity (Wildman–Crippen MR) is 85.1 cm³/mol. The number of ether oxygens (including phenoxy) is 2.